The van der Waals surface area contributed by atoms with Crippen LogP contribution in [0.4, 0.5) is 4.39 Å². The minimum atomic E-state index is -0.336. The van der Waals surface area contributed by atoms with Crippen LogP contribution >= 0.6 is 43.5 Å². The maximum Gasteiger partial charge on any atom is 0.129 e. The number of alkyl halides is 1. The van der Waals surface area contributed by atoms with Crippen molar-refractivity contribution in [2.24, 2.45) is 0 Å². The van der Waals surface area contributed by atoms with Gasteiger partial charge >= 0.3 is 0 Å². The zero-order valence-corrected chi connectivity index (χ0v) is 13.9. The van der Waals surface area contributed by atoms with Gasteiger partial charge in [0.25, 0.3) is 0 Å². The Kier molecular flexibility index (Phi) is 4.87. The van der Waals surface area contributed by atoms with Crippen LogP contribution in [0.15, 0.2) is 40.9 Å². The van der Waals surface area contributed by atoms with E-state index in [1.165, 1.54) is 6.07 Å². The first-order valence-corrected chi connectivity index (χ1v) is 7.54. The maximum atomic E-state index is 13.9. The molecule has 0 fully saturated rings. The van der Waals surface area contributed by atoms with Crippen LogP contribution in [0.2, 0.25) is 5.02 Å². The van der Waals surface area contributed by atoms with Crippen molar-refractivity contribution in [1.82, 2.24) is 0 Å². The van der Waals surface area contributed by atoms with Crippen molar-refractivity contribution in [3.8, 4) is 5.75 Å². The molecule has 0 aliphatic rings. The minimum Gasteiger partial charge on any atom is -0.497 e. The van der Waals surface area contributed by atoms with Gasteiger partial charge in [-0.1, -0.05) is 55.6 Å². The molecule has 0 aliphatic heterocycles. The van der Waals surface area contributed by atoms with Crippen LogP contribution in [0.3, 0.4) is 0 Å². The fourth-order valence-electron chi connectivity index (χ4n) is 1.71. The third-order valence-corrected chi connectivity index (χ3v) is 4.62. The van der Waals surface area contributed by atoms with Gasteiger partial charge in [0.2, 0.25) is 0 Å². The number of benzene rings is 2. The van der Waals surface area contributed by atoms with Gasteiger partial charge in [-0.05, 0) is 29.8 Å². The Hall–Kier alpha value is -0.580. The molecule has 100 valence electrons. The van der Waals surface area contributed by atoms with Gasteiger partial charge in [-0.15, -0.1) is 0 Å². The molecule has 0 aliphatic carbocycles. The standard InChI is InChI=1S/C14H10Br2ClFO/c1-19-9-3-5-10(12(15)7-9)14(16)11-4-2-8(17)6-13(11)18/h2-7,14H,1H3. The summed E-state index contributed by atoms with van der Waals surface area (Å²) in [6.07, 6.45) is 0. The molecular weight excluding hydrogens is 398 g/mol. The first-order chi connectivity index (χ1) is 9.02. The van der Waals surface area contributed by atoms with Crippen LogP contribution in [0.5, 0.6) is 5.75 Å². The van der Waals surface area contributed by atoms with Crippen molar-refractivity contribution in [3.05, 3.63) is 62.8 Å². The smallest absolute Gasteiger partial charge is 0.129 e. The van der Waals surface area contributed by atoms with Crippen LogP contribution in [0.1, 0.15) is 16.0 Å². The van der Waals surface area contributed by atoms with Crippen LogP contribution in [-0.2, 0) is 0 Å². The number of rotatable bonds is 3. The van der Waals surface area contributed by atoms with E-state index in [0.717, 1.165) is 15.8 Å². The molecule has 0 spiro atoms. The van der Waals surface area contributed by atoms with E-state index < -0.39 is 0 Å². The fourth-order valence-corrected chi connectivity index (χ4v) is 3.54. The highest BCUT2D eigenvalue weighted by Gasteiger charge is 2.17. The van der Waals surface area contributed by atoms with Gasteiger partial charge in [-0.2, -0.15) is 0 Å². The molecule has 1 unspecified atom stereocenters. The molecule has 2 rings (SSSR count). The molecule has 19 heavy (non-hydrogen) atoms. The van der Waals surface area contributed by atoms with Gasteiger partial charge in [-0.3, -0.25) is 0 Å². The topological polar surface area (TPSA) is 9.23 Å². The Bertz CT molecular complexity index is 604. The summed E-state index contributed by atoms with van der Waals surface area (Å²) >= 11 is 12.7. The molecule has 5 heteroatoms. The van der Waals surface area contributed by atoms with E-state index >= 15 is 0 Å². The molecule has 0 aromatic heterocycles. The molecule has 0 bridgehead atoms. The van der Waals surface area contributed by atoms with Crippen molar-refractivity contribution < 1.29 is 9.13 Å². The Morgan fingerprint density at radius 3 is 2.42 bits per heavy atom. The van der Waals surface area contributed by atoms with Crippen LogP contribution in [-0.4, -0.2) is 7.11 Å². The van der Waals surface area contributed by atoms with Gasteiger partial charge in [0.15, 0.2) is 0 Å². The Labute approximate surface area is 133 Å². The second-order valence-electron chi connectivity index (χ2n) is 3.92. The molecule has 2 aromatic carbocycles. The van der Waals surface area contributed by atoms with E-state index in [1.807, 2.05) is 18.2 Å². The second kappa shape index (κ2) is 6.25. The normalized spacial score (nSPS) is 12.3. The van der Waals surface area contributed by atoms with Crippen LogP contribution in [0, 0.1) is 5.82 Å². The van der Waals surface area contributed by atoms with E-state index in [2.05, 4.69) is 31.9 Å². The number of hydrogen-bond donors (Lipinski definition) is 0. The lowest BCUT2D eigenvalue weighted by Gasteiger charge is -2.14. The zero-order valence-electron chi connectivity index (χ0n) is 9.96. The predicted octanol–water partition coefficient (Wildman–Crippen LogP) is 5.73. The van der Waals surface area contributed by atoms with E-state index in [-0.39, 0.29) is 10.6 Å². The third-order valence-electron chi connectivity index (χ3n) is 2.72. The molecular formula is C14H10Br2ClFO. The van der Waals surface area contributed by atoms with E-state index in [0.29, 0.717) is 10.6 Å². The molecule has 2 aromatic rings. The summed E-state index contributed by atoms with van der Waals surface area (Å²) in [4.78, 5) is -0.259. The first-order valence-electron chi connectivity index (χ1n) is 5.45. The van der Waals surface area contributed by atoms with Crippen LogP contribution in [0.25, 0.3) is 0 Å². The first kappa shape index (κ1) is 14.8. The third kappa shape index (κ3) is 3.30. The molecule has 1 nitrogen and oxygen atoms in total. The maximum absolute atomic E-state index is 13.9. The monoisotopic (exact) mass is 406 g/mol. The summed E-state index contributed by atoms with van der Waals surface area (Å²) in [5.74, 6) is 0.406. The molecule has 0 saturated carbocycles. The summed E-state index contributed by atoms with van der Waals surface area (Å²) < 4.78 is 19.9. The van der Waals surface area contributed by atoms with Crippen molar-refractivity contribution in [2.75, 3.05) is 7.11 Å². The van der Waals surface area contributed by atoms with Gasteiger partial charge in [0.05, 0.1) is 11.9 Å². The lowest BCUT2D eigenvalue weighted by atomic mass is 10.0. The number of methoxy groups -OCH3 is 1. The molecule has 0 saturated heterocycles. The molecule has 0 N–H and O–H groups in total. The highest BCUT2D eigenvalue weighted by atomic mass is 79.9. The lowest BCUT2D eigenvalue weighted by Crippen LogP contribution is -1.98. The predicted molar refractivity (Wildman–Crippen MR) is 82.9 cm³/mol. The average molecular weight is 408 g/mol. The summed E-state index contributed by atoms with van der Waals surface area (Å²) in [7, 11) is 1.60. The Morgan fingerprint density at radius 1 is 1.16 bits per heavy atom. The largest absolute Gasteiger partial charge is 0.497 e. The lowest BCUT2D eigenvalue weighted by molar-refractivity contribution is 0.414. The quantitative estimate of drug-likeness (QED) is 0.589. The van der Waals surface area contributed by atoms with E-state index in [4.69, 9.17) is 16.3 Å². The second-order valence-corrected chi connectivity index (χ2v) is 6.12. The van der Waals surface area contributed by atoms with Gasteiger partial charge in [-0.25, -0.2) is 4.39 Å². The average Bonchev–Trinajstić information content (AvgIpc) is 2.37. The summed E-state index contributed by atoms with van der Waals surface area (Å²) in [5.41, 5.74) is 1.46. The molecule has 0 amide bonds. The number of halogens is 4. The van der Waals surface area contributed by atoms with E-state index in [9.17, 15) is 4.39 Å². The summed E-state index contributed by atoms with van der Waals surface area (Å²) in [6.45, 7) is 0. The molecule has 0 radical (unpaired) electrons. The van der Waals surface area contributed by atoms with Gasteiger partial charge in [0, 0.05) is 15.1 Å². The van der Waals surface area contributed by atoms with Gasteiger partial charge < -0.3 is 4.74 Å². The Morgan fingerprint density at radius 2 is 1.84 bits per heavy atom. The van der Waals surface area contributed by atoms with Crippen molar-refractivity contribution in [2.45, 2.75) is 4.83 Å². The van der Waals surface area contributed by atoms with Gasteiger partial charge in [0.1, 0.15) is 11.6 Å². The fraction of sp³-hybridized carbons (Fsp3) is 0.143. The highest BCUT2D eigenvalue weighted by molar-refractivity contribution is 9.11. The number of ether oxygens (including phenoxy) is 1. The molecule has 1 atom stereocenters. The highest BCUT2D eigenvalue weighted by Crippen LogP contribution is 2.38. The number of hydrogen-bond acceptors (Lipinski definition) is 1. The van der Waals surface area contributed by atoms with Crippen molar-refractivity contribution >= 4 is 43.5 Å². The minimum absolute atomic E-state index is 0.259. The zero-order chi connectivity index (χ0) is 14.0. The van der Waals surface area contributed by atoms with E-state index in [1.54, 1.807) is 19.2 Å². The van der Waals surface area contributed by atoms with Crippen molar-refractivity contribution in [1.29, 1.82) is 0 Å². The summed E-state index contributed by atoms with van der Waals surface area (Å²) in [6, 6.07) is 10.2. The molecule has 0 heterocycles. The van der Waals surface area contributed by atoms with Crippen LogP contribution < -0.4 is 4.74 Å². The SMILES string of the molecule is COc1ccc(C(Br)c2ccc(Cl)cc2F)c(Br)c1. The summed E-state index contributed by atoms with van der Waals surface area (Å²) in [5, 5.41) is 0.384. The Balaban J connectivity index is 2.41. The van der Waals surface area contributed by atoms with Crippen molar-refractivity contribution in [3.63, 3.8) is 0 Å².